The lowest BCUT2D eigenvalue weighted by atomic mass is 9.91. The zero-order chi connectivity index (χ0) is 30.4. The topological polar surface area (TPSA) is 97.4 Å². The second-order valence-corrected chi connectivity index (χ2v) is 10.8. The van der Waals surface area contributed by atoms with Gasteiger partial charge in [-0.1, -0.05) is 61.0 Å². The van der Waals surface area contributed by atoms with Crippen LogP contribution in [0.15, 0.2) is 66.7 Å². The third kappa shape index (κ3) is 7.70. The average Bonchev–Trinajstić information content (AvgIpc) is 2.94. The lowest BCUT2D eigenvalue weighted by Gasteiger charge is -2.43. The van der Waals surface area contributed by atoms with Crippen LogP contribution in [0.25, 0.3) is 0 Å². The highest BCUT2D eigenvalue weighted by Gasteiger charge is 2.46. The van der Waals surface area contributed by atoms with Gasteiger partial charge in [0.15, 0.2) is 18.2 Å². The molecule has 5 atom stereocenters. The molecule has 42 heavy (non-hydrogen) atoms. The highest BCUT2D eigenvalue weighted by atomic mass is 16.7. The highest BCUT2D eigenvalue weighted by Crippen LogP contribution is 2.32. The first-order valence-corrected chi connectivity index (χ1v) is 14.1. The third-order valence-electron chi connectivity index (χ3n) is 7.38. The predicted octanol–water partition coefficient (Wildman–Crippen LogP) is 5.93. The number of carbonyl (C=O) groups excluding carboxylic acids is 3. The SMILES string of the molecule is CC(=O)OC1C(OCC(=O)c2c(C)cc(C)cc2OC(=O)c2ccc(C)cc2)OC(C)C(C)C1OCc1ccccc1. The van der Waals surface area contributed by atoms with E-state index in [1.165, 1.54) is 6.92 Å². The Morgan fingerprint density at radius 3 is 2.19 bits per heavy atom. The summed E-state index contributed by atoms with van der Waals surface area (Å²) in [4.78, 5) is 38.5. The van der Waals surface area contributed by atoms with Gasteiger partial charge in [0.2, 0.25) is 0 Å². The van der Waals surface area contributed by atoms with Crippen LogP contribution in [0.2, 0.25) is 0 Å². The summed E-state index contributed by atoms with van der Waals surface area (Å²) in [5.74, 6) is -1.46. The van der Waals surface area contributed by atoms with Gasteiger partial charge in [0, 0.05) is 12.8 Å². The molecule has 8 heteroatoms. The summed E-state index contributed by atoms with van der Waals surface area (Å²) in [5, 5.41) is 0. The summed E-state index contributed by atoms with van der Waals surface area (Å²) in [5.41, 5.74) is 4.07. The van der Waals surface area contributed by atoms with Crippen LogP contribution in [0.4, 0.5) is 0 Å². The molecular formula is C34H38O8. The maximum atomic E-state index is 13.6. The van der Waals surface area contributed by atoms with Crippen LogP contribution in [0.1, 0.15) is 63.7 Å². The lowest BCUT2D eigenvalue weighted by Crippen LogP contribution is -2.56. The van der Waals surface area contributed by atoms with Crippen molar-refractivity contribution in [3.63, 3.8) is 0 Å². The van der Waals surface area contributed by atoms with E-state index in [1.54, 1.807) is 25.1 Å². The number of aryl methyl sites for hydroxylation is 3. The largest absolute Gasteiger partial charge is 0.454 e. The van der Waals surface area contributed by atoms with Crippen molar-refractivity contribution in [3.05, 3.63) is 100 Å². The van der Waals surface area contributed by atoms with Crippen molar-refractivity contribution >= 4 is 17.7 Å². The molecule has 8 nitrogen and oxygen atoms in total. The fourth-order valence-electron chi connectivity index (χ4n) is 5.04. The van der Waals surface area contributed by atoms with Crippen LogP contribution in [0, 0.1) is 26.7 Å². The van der Waals surface area contributed by atoms with E-state index in [2.05, 4.69) is 0 Å². The van der Waals surface area contributed by atoms with Crippen LogP contribution in [-0.4, -0.2) is 48.9 Å². The molecule has 5 unspecified atom stereocenters. The van der Waals surface area contributed by atoms with Crippen LogP contribution in [0.5, 0.6) is 5.75 Å². The molecule has 0 amide bonds. The van der Waals surface area contributed by atoms with E-state index >= 15 is 0 Å². The Labute approximate surface area is 246 Å². The van der Waals surface area contributed by atoms with E-state index in [4.69, 9.17) is 23.7 Å². The monoisotopic (exact) mass is 574 g/mol. The molecule has 0 aliphatic carbocycles. The number of ether oxygens (including phenoxy) is 5. The second kappa shape index (κ2) is 13.9. The molecule has 0 aromatic heterocycles. The quantitative estimate of drug-likeness (QED) is 0.167. The summed E-state index contributed by atoms with van der Waals surface area (Å²) in [6.07, 6.45) is -2.78. The molecule has 3 aromatic rings. The van der Waals surface area contributed by atoms with Gasteiger partial charge in [0.1, 0.15) is 18.5 Å². The van der Waals surface area contributed by atoms with E-state index in [1.807, 2.05) is 76.2 Å². The van der Waals surface area contributed by atoms with Crippen LogP contribution < -0.4 is 4.74 Å². The maximum absolute atomic E-state index is 13.6. The smallest absolute Gasteiger partial charge is 0.343 e. The number of Topliss-reactive ketones (excluding diaryl/α,β-unsaturated/α-hetero) is 1. The molecule has 0 radical (unpaired) electrons. The van der Waals surface area contributed by atoms with Gasteiger partial charge in [-0.25, -0.2) is 4.79 Å². The third-order valence-corrected chi connectivity index (χ3v) is 7.38. The summed E-state index contributed by atoms with van der Waals surface area (Å²) in [6.45, 7) is 10.6. The average molecular weight is 575 g/mol. The number of carbonyl (C=O) groups is 3. The minimum atomic E-state index is -1.05. The van der Waals surface area contributed by atoms with Gasteiger partial charge >= 0.3 is 11.9 Å². The fourth-order valence-corrected chi connectivity index (χ4v) is 5.04. The molecule has 1 fully saturated rings. The Hall–Kier alpha value is -3.85. The Balaban J connectivity index is 1.52. The van der Waals surface area contributed by atoms with Crippen LogP contribution >= 0.6 is 0 Å². The number of ketones is 1. The Kier molecular flexibility index (Phi) is 10.3. The highest BCUT2D eigenvalue weighted by molar-refractivity contribution is 6.02. The molecule has 3 aromatic carbocycles. The van der Waals surface area contributed by atoms with Crippen LogP contribution in [-0.2, 0) is 30.3 Å². The van der Waals surface area contributed by atoms with Crippen molar-refractivity contribution in [2.45, 2.75) is 72.8 Å². The van der Waals surface area contributed by atoms with Crippen LogP contribution in [0.3, 0.4) is 0 Å². The van der Waals surface area contributed by atoms with E-state index in [9.17, 15) is 14.4 Å². The van der Waals surface area contributed by atoms with Gasteiger partial charge < -0.3 is 23.7 Å². The number of esters is 2. The molecule has 222 valence electrons. The molecule has 0 N–H and O–H groups in total. The standard InChI is InChI=1S/C34H38O8/c1-20-12-14-27(15-13-20)33(37)42-29-17-21(2)16-22(3)30(29)28(36)19-39-34-32(41-25(6)35)31(23(4)24(5)40-34)38-18-26-10-8-7-9-11-26/h7-17,23-24,31-32,34H,18-19H2,1-6H3. The predicted molar refractivity (Wildman–Crippen MR) is 156 cm³/mol. The van der Waals surface area contributed by atoms with Gasteiger partial charge in [-0.3, -0.25) is 9.59 Å². The van der Waals surface area contributed by atoms with E-state index < -0.39 is 42.8 Å². The van der Waals surface area contributed by atoms with Gasteiger partial charge in [-0.2, -0.15) is 0 Å². The normalized spacial score (nSPS) is 21.9. The minimum Gasteiger partial charge on any atom is -0.454 e. The van der Waals surface area contributed by atoms with Crippen molar-refractivity contribution in [2.24, 2.45) is 5.92 Å². The molecule has 0 saturated carbocycles. The van der Waals surface area contributed by atoms with Crippen molar-refractivity contribution in [3.8, 4) is 5.75 Å². The summed E-state index contributed by atoms with van der Waals surface area (Å²) < 4.78 is 29.7. The Morgan fingerprint density at radius 1 is 0.833 bits per heavy atom. The molecule has 0 spiro atoms. The van der Waals surface area contributed by atoms with Crippen molar-refractivity contribution in [2.75, 3.05) is 6.61 Å². The van der Waals surface area contributed by atoms with Gasteiger partial charge in [-0.15, -0.1) is 0 Å². The summed E-state index contributed by atoms with van der Waals surface area (Å²) in [6, 6.07) is 20.2. The van der Waals surface area contributed by atoms with Crippen molar-refractivity contribution < 1.29 is 38.1 Å². The summed E-state index contributed by atoms with van der Waals surface area (Å²) >= 11 is 0. The first kappa shape index (κ1) is 31.1. The zero-order valence-corrected chi connectivity index (χ0v) is 24.9. The lowest BCUT2D eigenvalue weighted by molar-refractivity contribution is -0.289. The van der Waals surface area contributed by atoms with Gasteiger partial charge in [0.05, 0.1) is 23.8 Å². The Bertz CT molecular complexity index is 1400. The van der Waals surface area contributed by atoms with Crippen molar-refractivity contribution in [1.29, 1.82) is 0 Å². The van der Waals surface area contributed by atoms with E-state index in [0.717, 1.165) is 16.7 Å². The summed E-state index contributed by atoms with van der Waals surface area (Å²) in [7, 11) is 0. The Morgan fingerprint density at radius 2 is 1.52 bits per heavy atom. The number of hydrogen-bond acceptors (Lipinski definition) is 8. The molecular weight excluding hydrogens is 536 g/mol. The van der Waals surface area contributed by atoms with Gasteiger partial charge in [0.25, 0.3) is 0 Å². The molecule has 4 rings (SSSR count). The minimum absolute atomic E-state index is 0.124. The number of benzene rings is 3. The molecule has 1 heterocycles. The molecule has 0 bridgehead atoms. The molecule has 1 saturated heterocycles. The van der Waals surface area contributed by atoms with Crippen molar-refractivity contribution in [1.82, 2.24) is 0 Å². The van der Waals surface area contributed by atoms with Gasteiger partial charge in [-0.05, 0) is 62.6 Å². The van der Waals surface area contributed by atoms with E-state index in [0.29, 0.717) is 17.7 Å². The first-order chi connectivity index (χ1) is 20.0. The zero-order valence-electron chi connectivity index (χ0n) is 24.9. The molecule has 1 aliphatic heterocycles. The number of hydrogen-bond donors (Lipinski definition) is 0. The van der Waals surface area contributed by atoms with E-state index in [-0.39, 0.29) is 23.3 Å². The fraction of sp³-hybridized carbons (Fsp3) is 0.382. The molecule has 1 aliphatic rings. The first-order valence-electron chi connectivity index (χ1n) is 14.1. The second-order valence-electron chi connectivity index (χ2n) is 10.8. The number of rotatable bonds is 10. The maximum Gasteiger partial charge on any atom is 0.343 e.